The van der Waals surface area contributed by atoms with Gasteiger partial charge in [-0.25, -0.2) is 4.98 Å². The van der Waals surface area contributed by atoms with Gasteiger partial charge in [0.25, 0.3) is 0 Å². The molecule has 1 aromatic heterocycles. The quantitative estimate of drug-likeness (QED) is 0.846. The third-order valence-corrected chi connectivity index (χ3v) is 2.96. The van der Waals surface area contributed by atoms with Crippen LogP contribution in [0.3, 0.4) is 0 Å². The highest BCUT2D eigenvalue weighted by atomic mass is 16.5. The van der Waals surface area contributed by atoms with Crippen molar-refractivity contribution >= 4 is 5.82 Å². The summed E-state index contributed by atoms with van der Waals surface area (Å²) >= 11 is 0. The molecule has 0 bridgehead atoms. The molecule has 0 radical (unpaired) electrons. The standard InChI is InChI=1S/C16H17N3O/c1-12-3-5-13(6-4-12)15-8-7-14(11-17)16(19-15)18-9-10-20-2/h3-8H,9-10H2,1-2H3,(H,18,19). The molecule has 0 aliphatic rings. The molecule has 0 spiro atoms. The number of anilines is 1. The van der Waals surface area contributed by atoms with Crippen LogP contribution >= 0.6 is 0 Å². The Morgan fingerprint density at radius 3 is 2.60 bits per heavy atom. The van der Waals surface area contributed by atoms with E-state index in [-0.39, 0.29) is 0 Å². The number of methoxy groups -OCH3 is 1. The molecule has 1 aromatic carbocycles. The Bertz CT molecular complexity index is 615. The maximum absolute atomic E-state index is 9.11. The van der Waals surface area contributed by atoms with E-state index in [0.29, 0.717) is 24.5 Å². The summed E-state index contributed by atoms with van der Waals surface area (Å²) in [5.74, 6) is 0.600. The van der Waals surface area contributed by atoms with Gasteiger partial charge in [0.2, 0.25) is 0 Å². The number of nitriles is 1. The zero-order valence-electron chi connectivity index (χ0n) is 11.7. The van der Waals surface area contributed by atoms with Gasteiger partial charge in [-0.3, -0.25) is 0 Å². The minimum atomic E-state index is 0.539. The number of nitrogens with one attached hydrogen (secondary N) is 1. The van der Waals surface area contributed by atoms with Crippen molar-refractivity contribution in [2.24, 2.45) is 0 Å². The largest absolute Gasteiger partial charge is 0.383 e. The topological polar surface area (TPSA) is 57.9 Å². The number of benzene rings is 1. The highest BCUT2D eigenvalue weighted by Crippen LogP contribution is 2.21. The first-order valence-electron chi connectivity index (χ1n) is 6.45. The van der Waals surface area contributed by atoms with Gasteiger partial charge in [-0.15, -0.1) is 0 Å². The number of hydrogen-bond acceptors (Lipinski definition) is 4. The number of aromatic nitrogens is 1. The summed E-state index contributed by atoms with van der Waals surface area (Å²) in [6, 6.07) is 14.0. The fourth-order valence-corrected chi connectivity index (χ4v) is 1.84. The minimum absolute atomic E-state index is 0.539. The predicted octanol–water partition coefficient (Wildman–Crippen LogP) is 2.99. The second-order valence-corrected chi connectivity index (χ2v) is 4.49. The van der Waals surface area contributed by atoms with Crippen LogP contribution in [0.1, 0.15) is 11.1 Å². The lowest BCUT2D eigenvalue weighted by Crippen LogP contribution is -2.10. The van der Waals surface area contributed by atoms with E-state index in [0.717, 1.165) is 11.3 Å². The van der Waals surface area contributed by atoms with Crippen LogP contribution in [0.2, 0.25) is 0 Å². The van der Waals surface area contributed by atoms with E-state index in [2.05, 4.69) is 16.4 Å². The highest BCUT2D eigenvalue weighted by molar-refractivity contribution is 5.65. The minimum Gasteiger partial charge on any atom is -0.383 e. The molecular formula is C16H17N3O. The van der Waals surface area contributed by atoms with Crippen LogP contribution in [0.15, 0.2) is 36.4 Å². The lowest BCUT2D eigenvalue weighted by Gasteiger charge is -2.09. The van der Waals surface area contributed by atoms with Gasteiger partial charge in [0.15, 0.2) is 0 Å². The predicted molar refractivity (Wildman–Crippen MR) is 79.5 cm³/mol. The van der Waals surface area contributed by atoms with Crippen molar-refractivity contribution in [3.05, 3.63) is 47.5 Å². The summed E-state index contributed by atoms with van der Waals surface area (Å²) in [6.45, 7) is 3.24. The molecule has 0 aliphatic heterocycles. The van der Waals surface area contributed by atoms with Crippen molar-refractivity contribution in [1.82, 2.24) is 4.98 Å². The first-order chi connectivity index (χ1) is 9.74. The smallest absolute Gasteiger partial charge is 0.144 e. The van der Waals surface area contributed by atoms with Gasteiger partial charge in [0.05, 0.1) is 17.9 Å². The third-order valence-electron chi connectivity index (χ3n) is 2.96. The summed E-state index contributed by atoms with van der Waals surface area (Å²) in [7, 11) is 1.64. The second-order valence-electron chi connectivity index (χ2n) is 4.49. The Labute approximate surface area is 119 Å². The molecule has 0 aliphatic carbocycles. The van der Waals surface area contributed by atoms with E-state index in [4.69, 9.17) is 10.00 Å². The molecule has 2 rings (SSSR count). The molecule has 0 saturated carbocycles. The monoisotopic (exact) mass is 267 g/mol. The summed E-state index contributed by atoms with van der Waals surface area (Å²) in [6.07, 6.45) is 0. The maximum Gasteiger partial charge on any atom is 0.144 e. The van der Waals surface area contributed by atoms with Gasteiger partial charge in [-0.2, -0.15) is 5.26 Å². The van der Waals surface area contributed by atoms with Gasteiger partial charge in [-0.05, 0) is 19.1 Å². The fourth-order valence-electron chi connectivity index (χ4n) is 1.84. The number of pyridine rings is 1. The van der Waals surface area contributed by atoms with Crippen LogP contribution in [-0.4, -0.2) is 25.2 Å². The third kappa shape index (κ3) is 3.34. The van der Waals surface area contributed by atoms with Crippen molar-refractivity contribution < 1.29 is 4.74 Å². The van der Waals surface area contributed by atoms with Crippen molar-refractivity contribution in [3.8, 4) is 17.3 Å². The highest BCUT2D eigenvalue weighted by Gasteiger charge is 2.06. The number of hydrogen-bond donors (Lipinski definition) is 1. The zero-order valence-corrected chi connectivity index (χ0v) is 11.7. The Balaban J connectivity index is 2.29. The van der Waals surface area contributed by atoms with Gasteiger partial charge in [0, 0.05) is 19.2 Å². The number of aryl methyl sites for hydroxylation is 1. The fraction of sp³-hybridized carbons (Fsp3) is 0.250. The van der Waals surface area contributed by atoms with E-state index >= 15 is 0 Å². The van der Waals surface area contributed by atoms with Crippen LogP contribution < -0.4 is 5.32 Å². The maximum atomic E-state index is 9.11. The van der Waals surface area contributed by atoms with Crippen molar-refractivity contribution in [2.75, 3.05) is 25.6 Å². The summed E-state index contributed by atoms with van der Waals surface area (Å²) in [4.78, 5) is 4.53. The van der Waals surface area contributed by atoms with Gasteiger partial charge in [-0.1, -0.05) is 29.8 Å². The van der Waals surface area contributed by atoms with Crippen LogP contribution in [-0.2, 0) is 4.74 Å². The van der Waals surface area contributed by atoms with Gasteiger partial charge in [0.1, 0.15) is 11.9 Å². The second kappa shape index (κ2) is 6.69. The molecule has 2 aromatic rings. The van der Waals surface area contributed by atoms with Crippen molar-refractivity contribution in [3.63, 3.8) is 0 Å². The molecule has 1 heterocycles. The molecule has 1 N–H and O–H groups in total. The van der Waals surface area contributed by atoms with E-state index in [1.165, 1.54) is 5.56 Å². The average Bonchev–Trinajstić information content (AvgIpc) is 2.48. The number of rotatable bonds is 5. The van der Waals surface area contributed by atoms with Crippen LogP contribution in [0.4, 0.5) is 5.82 Å². The summed E-state index contributed by atoms with van der Waals surface area (Å²) in [5, 5.41) is 12.2. The van der Waals surface area contributed by atoms with E-state index in [1.807, 2.05) is 37.3 Å². The molecule has 0 atom stereocenters. The van der Waals surface area contributed by atoms with E-state index in [1.54, 1.807) is 13.2 Å². The molecule has 0 unspecified atom stereocenters. The zero-order chi connectivity index (χ0) is 14.4. The van der Waals surface area contributed by atoms with Crippen LogP contribution in [0.25, 0.3) is 11.3 Å². The summed E-state index contributed by atoms with van der Waals surface area (Å²) in [5.41, 5.74) is 3.64. The van der Waals surface area contributed by atoms with Gasteiger partial charge < -0.3 is 10.1 Å². The molecule has 20 heavy (non-hydrogen) atoms. The Kier molecular flexibility index (Phi) is 4.70. The lowest BCUT2D eigenvalue weighted by molar-refractivity contribution is 0.210. The first-order valence-corrected chi connectivity index (χ1v) is 6.45. The normalized spacial score (nSPS) is 10.1. The lowest BCUT2D eigenvalue weighted by atomic mass is 10.1. The molecule has 0 saturated heterocycles. The number of ether oxygens (including phenoxy) is 1. The molecular weight excluding hydrogens is 250 g/mol. The SMILES string of the molecule is COCCNc1nc(-c2ccc(C)cc2)ccc1C#N. The Morgan fingerprint density at radius 1 is 1.20 bits per heavy atom. The van der Waals surface area contributed by atoms with Crippen molar-refractivity contribution in [2.45, 2.75) is 6.92 Å². The molecule has 0 amide bonds. The van der Waals surface area contributed by atoms with Crippen LogP contribution in [0.5, 0.6) is 0 Å². The van der Waals surface area contributed by atoms with E-state index in [9.17, 15) is 0 Å². The van der Waals surface area contributed by atoms with E-state index < -0.39 is 0 Å². The number of nitrogens with zero attached hydrogens (tertiary/aromatic N) is 2. The Morgan fingerprint density at radius 2 is 1.95 bits per heavy atom. The van der Waals surface area contributed by atoms with Gasteiger partial charge >= 0.3 is 0 Å². The molecule has 4 nitrogen and oxygen atoms in total. The molecule has 102 valence electrons. The Hall–Kier alpha value is -2.38. The first kappa shape index (κ1) is 14.0. The van der Waals surface area contributed by atoms with Crippen LogP contribution in [0, 0.1) is 18.3 Å². The van der Waals surface area contributed by atoms with Crippen molar-refractivity contribution in [1.29, 1.82) is 5.26 Å². The molecule has 0 fully saturated rings. The summed E-state index contributed by atoms with van der Waals surface area (Å²) < 4.78 is 4.99. The average molecular weight is 267 g/mol. The molecule has 4 heteroatoms.